The van der Waals surface area contributed by atoms with Gasteiger partial charge in [-0.1, -0.05) is 12.1 Å². The molecule has 146 valence electrons. The van der Waals surface area contributed by atoms with Gasteiger partial charge < -0.3 is 15.6 Å². The number of nitrogens with two attached hydrogens (primary N) is 1. The van der Waals surface area contributed by atoms with Gasteiger partial charge in [-0.25, -0.2) is 0 Å². The summed E-state index contributed by atoms with van der Waals surface area (Å²) in [5, 5.41) is 8.94. The Labute approximate surface area is 155 Å². The lowest BCUT2D eigenvalue weighted by molar-refractivity contribution is -0.138. The molecule has 0 aromatic heterocycles. The zero-order valence-corrected chi connectivity index (χ0v) is 15.2. The quantitative estimate of drug-likeness (QED) is 0.748. The SMILES string of the molecule is Cc1ccc(-c2cc(OCCN)cc(C(F)(F)F)c2)c(C)c1CCC(=O)O. The molecule has 0 bridgehead atoms. The average molecular weight is 381 g/mol. The molecule has 0 fully saturated rings. The summed E-state index contributed by atoms with van der Waals surface area (Å²) in [5.41, 5.74) is 8.05. The highest BCUT2D eigenvalue weighted by Gasteiger charge is 2.31. The number of carboxylic acid groups (broad SMARTS) is 1. The van der Waals surface area contributed by atoms with Crippen molar-refractivity contribution in [2.45, 2.75) is 32.9 Å². The minimum Gasteiger partial charge on any atom is -0.492 e. The molecule has 0 atom stereocenters. The molecule has 0 unspecified atom stereocenters. The van der Waals surface area contributed by atoms with E-state index in [2.05, 4.69) is 0 Å². The van der Waals surface area contributed by atoms with Crippen molar-refractivity contribution >= 4 is 5.97 Å². The Kier molecular flexibility index (Phi) is 6.49. The number of aryl methyl sites for hydroxylation is 1. The van der Waals surface area contributed by atoms with Crippen LogP contribution in [-0.4, -0.2) is 24.2 Å². The topological polar surface area (TPSA) is 72.5 Å². The Morgan fingerprint density at radius 1 is 1.19 bits per heavy atom. The van der Waals surface area contributed by atoms with E-state index in [1.807, 2.05) is 6.92 Å². The lowest BCUT2D eigenvalue weighted by atomic mass is 9.90. The van der Waals surface area contributed by atoms with Gasteiger partial charge in [0.05, 0.1) is 5.56 Å². The van der Waals surface area contributed by atoms with Crippen molar-refractivity contribution in [2.24, 2.45) is 5.73 Å². The second-order valence-electron chi connectivity index (χ2n) is 6.31. The molecular weight excluding hydrogens is 359 g/mol. The Morgan fingerprint density at radius 3 is 2.48 bits per heavy atom. The number of carboxylic acids is 1. The highest BCUT2D eigenvalue weighted by atomic mass is 19.4. The van der Waals surface area contributed by atoms with Gasteiger partial charge in [0.1, 0.15) is 12.4 Å². The summed E-state index contributed by atoms with van der Waals surface area (Å²) in [6, 6.07) is 7.11. The molecule has 0 heterocycles. The maximum Gasteiger partial charge on any atom is 0.416 e. The molecule has 0 aliphatic heterocycles. The zero-order valence-electron chi connectivity index (χ0n) is 15.2. The first-order valence-corrected chi connectivity index (χ1v) is 8.50. The number of alkyl halides is 3. The van der Waals surface area contributed by atoms with E-state index in [-0.39, 0.29) is 25.3 Å². The number of benzene rings is 2. The third kappa shape index (κ3) is 5.23. The molecule has 4 nitrogen and oxygen atoms in total. The summed E-state index contributed by atoms with van der Waals surface area (Å²) < 4.78 is 45.2. The molecule has 0 amide bonds. The fourth-order valence-electron chi connectivity index (χ4n) is 3.00. The molecule has 7 heteroatoms. The fraction of sp³-hybridized carbons (Fsp3) is 0.350. The summed E-state index contributed by atoms with van der Waals surface area (Å²) >= 11 is 0. The van der Waals surface area contributed by atoms with Crippen LogP contribution >= 0.6 is 0 Å². The van der Waals surface area contributed by atoms with Crippen LogP contribution in [0.3, 0.4) is 0 Å². The summed E-state index contributed by atoms with van der Waals surface area (Å²) in [4.78, 5) is 10.9. The minimum atomic E-state index is -4.51. The van der Waals surface area contributed by atoms with Crippen molar-refractivity contribution in [2.75, 3.05) is 13.2 Å². The Hall–Kier alpha value is -2.54. The predicted octanol–water partition coefficient (Wildman–Crippen LogP) is 4.34. The molecule has 27 heavy (non-hydrogen) atoms. The Balaban J connectivity index is 2.56. The third-order valence-electron chi connectivity index (χ3n) is 4.35. The second kappa shape index (κ2) is 8.43. The van der Waals surface area contributed by atoms with Gasteiger partial charge in [0.15, 0.2) is 0 Å². The molecule has 0 radical (unpaired) electrons. The first kappa shape index (κ1) is 20.8. The average Bonchev–Trinajstić information content (AvgIpc) is 2.58. The number of rotatable bonds is 7. The van der Waals surface area contributed by atoms with Gasteiger partial charge in [-0.05, 0) is 66.3 Å². The van der Waals surface area contributed by atoms with Gasteiger partial charge in [-0.3, -0.25) is 4.79 Å². The van der Waals surface area contributed by atoms with Gasteiger partial charge in [-0.2, -0.15) is 13.2 Å². The lowest BCUT2D eigenvalue weighted by Gasteiger charge is -2.17. The number of aliphatic carboxylic acids is 1. The van der Waals surface area contributed by atoms with Crippen LogP contribution in [0, 0.1) is 13.8 Å². The Bertz CT molecular complexity index is 832. The monoisotopic (exact) mass is 381 g/mol. The summed E-state index contributed by atoms with van der Waals surface area (Å²) in [5.74, 6) is -0.826. The minimum absolute atomic E-state index is 0.0431. The summed E-state index contributed by atoms with van der Waals surface area (Å²) in [6.07, 6.45) is -4.24. The predicted molar refractivity (Wildman–Crippen MR) is 96.9 cm³/mol. The van der Waals surface area contributed by atoms with Crippen molar-refractivity contribution < 1.29 is 27.8 Å². The van der Waals surface area contributed by atoms with Gasteiger partial charge in [0, 0.05) is 13.0 Å². The molecule has 3 N–H and O–H groups in total. The van der Waals surface area contributed by atoms with E-state index in [4.69, 9.17) is 15.6 Å². The second-order valence-corrected chi connectivity index (χ2v) is 6.31. The lowest BCUT2D eigenvalue weighted by Crippen LogP contribution is -2.12. The number of halogens is 3. The molecule has 0 saturated carbocycles. The number of hydrogen-bond acceptors (Lipinski definition) is 3. The highest BCUT2D eigenvalue weighted by Crippen LogP contribution is 2.37. The normalized spacial score (nSPS) is 11.5. The van der Waals surface area contributed by atoms with Crippen LogP contribution in [0.1, 0.15) is 28.7 Å². The maximum absolute atomic E-state index is 13.3. The molecule has 0 saturated heterocycles. The van der Waals surface area contributed by atoms with Crippen LogP contribution < -0.4 is 10.5 Å². The van der Waals surface area contributed by atoms with Crippen molar-refractivity contribution in [3.05, 3.63) is 52.6 Å². The van der Waals surface area contributed by atoms with Crippen LogP contribution in [-0.2, 0) is 17.4 Å². The molecule has 0 aliphatic carbocycles. The third-order valence-corrected chi connectivity index (χ3v) is 4.35. The van der Waals surface area contributed by atoms with E-state index < -0.39 is 17.7 Å². The largest absolute Gasteiger partial charge is 0.492 e. The van der Waals surface area contributed by atoms with Crippen molar-refractivity contribution in [1.29, 1.82) is 0 Å². The van der Waals surface area contributed by atoms with E-state index in [1.165, 1.54) is 0 Å². The zero-order chi connectivity index (χ0) is 20.2. The molecule has 2 aromatic carbocycles. The summed E-state index contributed by atoms with van der Waals surface area (Å²) in [6.45, 7) is 3.95. The van der Waals surface area contributed by atoms with E-state index >= 15 is 0 Å². The Morgan fingerprint density at radius 2 is 1.89 bits per heavy atom. The molecule has 2 rings (SSSR count). The van der Waals surface area contributed by atoms with Gasteiger partial charge in [0.2, 0.25) is 0 Å². The molecular formula is C20H22F3NO3. The van der Waals surface area contributed by atoms with Gasteiger partial charge in [-0.15, -0.1) is 0 Å². The van der Waals surface area contributed by atoms with Crippen molar-refractivity contribution in [3.63, 3.8) is 0 Å². The number of hydrogen-bond donors (Lipinski definition) is 2. The molecule has 0 spiro atoms. The first-order valence-electron chi connectivity index (χ1n) is 8.50. The standard InChI is InChI=1S/C20H22F3NO3/c1-12-3-4-18(13(2)17(12)5-6-19(25)26)14-9-15(20(21,22)23)11-16(10-14)27-8-7-24/h3-4,9-11H,5-8,24H2,1-2H3,(H,25,26). The maximum atomic E-state index is 13.3. The van der Waals surface area contributed by atoms with Crippen molar-refractivity contribution in [3.8, 4) is 16.9 Å². The highest BCUT2D eigenvalue weighted by molar-refractivity contribution is 5.72. The molecule has 0 aliphatic rings. The van der Waals surface area contributed by atoms with E-state index in [9.17, 15) is 18.0 Å². The van der Waals surface area contributed by atoms with Gasteiger partial charge in [0.25, 0.3) is 0 Å². The van der Waals surface area contributed by atoms with Crippen LogP contribution in [0.25, 0.3) is 11.1 Å². The van der Waals surface area contributed by atoms with E-state index in [1.54, 1.807) is 25.1 Å². The van der Waals surface area contributed by atoms with E-state index in [0.29, 0.717) is 17.5 Å². The van der Waals surface area contributed by atoms with E-state index in [0.717, 1.165) is 28.8 Å². The first-order chi connectivity index (χ1) is 12.6. The van der Waals surface area contributed by atoms with Crippen LogP contribution in [0.2, 0.25) is 0 Å². The summed E-state index contributed by atoms with van der Waals surface area (Å²) in [7, 11) is 0. The van der Waals surface area contributed by atoms with Crippen LogP contribution in [0.15, 0.2) is 30.3 Å². The van der Waals surface area contributed by atoms with Gasteiger partial charge >= 0.3 is 12.1 Å². The van der Waals surface area contributed by atoms with Crippen molar-refractivity contribution in [1.82, 2.24) is 0 Å². The fourth-order valence-corrected chi connectivity index (χ4v) is 3.00. The van der Waals surface area contributed by atoms with Crippen LogP contribution in [0.4, 0.5) is 13.2 Å². The molecule has 2 aromatic rings. The van der Waals surface area contributed by atoms with Crippen LogP contribution in [0.5, 0.6) is 5.75 Å². The number of ether oxygens (including phenoxy) is 1. The number of carbonyl (C=O) groups is 1. The smallest absolute Gasteiger partial charge is 0.416 e.